The van der Waals surface area contributed by atoms with Gasteiger partial charge in [-0.05, 0) is 41.4 Å². The lowest BCUT2D eigenvalue weighted by Gasteiger charge is -2.10. The summed E-state index contributed by atoms with van der Waals surface area (Å²) in [6.07, 6.45) is -5.01. The van der Waals surface area contributed by atoms with Gasteiger partial charge in [-0.3, -0.25) is 4.79 Å². The van der Waals surface area contributed by atoms with Gasteiger partial charge in [0.1, 0.15) is 23.9 Å². The molecule has 1 heterocycles. The number of fused-ring (bicyclic) bond motifs is 1. The van der Waals surface area contributed by atoms with Gasteiger partial charge in [0.25, 0.3) is 0 Å². The van der Waals surface area contributed by atoms with Crippen LogP contribution in [0.5, 0.6) is 0 Å². The fourth-order valence-corrected chi connectivity index (χ4v) is 2.89. The third-order valence-corrected chi connectivity index (χ3v) is 4.51. The van der Waals surface area contributed by atoms with Crippen LogP contribution in [-0.4, -0.2) is 27.7 Å². The number of nitrogens with zero attached hydrogens (tertiary/aromatic N) is 3. The number of imidazole rings is 1. The second kappa shape index (κ2) is 9.30. The van der Waals surface area contributed by atoms with Crippen molar-refractivity contribution < 1.29 is 27.8 Å². The molecule has 0 fully saturated rings. The van der Waals surface area contributed by atoms with E-state index < -0.39 is 35.8 Å². The summed E-state index contributed by atoms with van der Waals surface area (Å²) in [4.78, 5) is 29.9. The predicted molar refractivity (Wildman–Crippen MR) is 107 cm³/mol. The Morgan fingerprint density at radius 2 is 2.00 bits per heavy atom. The number of hydrogen-bond donors (Lipinski definition) is 2. The van der Waals surface area contributed by atoms with Crippen molar-refractivity contribution in [2.45, 2.75) is 19.0 Å². The van der Waals surface area contributed by atoms with Crippen molar-refractivity contribution in [1.82, 2.24) is 9.97 Å². The molecule has 0 aliphatic heterocycles. The first-order valence-electron chi connectivity index (χ1n) is 9.19. The molecule has 1 aromatic heterocycles. The summed E-state index contributed by atoms with van der Waals surface area (Å²) in [7, 11) is 0. The predicted octanol–water partition coefficient (Wildman–Crippen LogP) is 4.95. The number of aliphatic hydroxyl groups is 1. The van der Waals surface area contributed by atoms with E-state index in [2.05, 4.69) is 15.1 Å². The normalized spacial score (nSPS) is 12.2. The van der Waals surface area contributed by atoms with E-state index in [-0.39, 0.29) is 29.8 Å². The van der Waals surface area contributed by atoms with E-state index in [9.17, 15) is 33.2 Å². The number of nitriles is 1. The summed E-state index contributed by atoms with van der Waals surface area (Å²) in [5.41, 5.74) is -0.281. The van der Waals surface area contributed by atoms with Crippen LogP contribution in [0.3, 0.4) is 0 Å². The molecule has 0 saturated heterocycles. The number of rotatable bonds is 7. The molecule has 2 aromatic carbocycles. The first-order valence-corrected chi connectivity index (χ1v) is 9.19. The molecule has 3 aromatic rings. The van der Waals surface area contributed by atoms with E-state index in [1.54, 1.807) is 30.3 Å². The Balaban J connectivity index is 1.64. The Morgan fingerprint density at radius 3 is 2.66 bits per heavy atom. The van der Waals surface area contributed by atoms with Gasteiger partial charge in [-0.25, -0.2) is 4.98 Å². The fourth-order valence-electron chi connectivity index (χ4n) is 2.89. The van der Waals surface area contributed by atoms with Crippen LogP contribution in [0.4, 0.5) is 18.9 Å². The van der Waals surface area contributed by atoms with Crippen LogP contribution in [0.25, 0.3) is 16.6 Å². The largest absolute Gasteiger partial charge is 0.507 e. The van der Waals surface area contributed by atoms with E-state index in [1.807, 2.05) is 0 Å². The average Bonchev–Trinajstić information content (AvgIpc) is 3.19. The lowest BCUT2D eigenvalue weighted by molar-refractivity contribution is -0.143. The number of para-hydroxylation sites is 2. The molecule has 8 nitrogen and oxygen atoms in total. The van der Waals surface area contributed by atoms with Crippen molar-refractivity contribution in [2.75, 3.05) is 6.61 Å². The second-order valence-corrected chi connectivity index (χ2v) is 6.63. The van der Waals surface area contributed by atoms with Gasteiger partial charge in [0, 0.05) is 6.42 Å². The summed E-state index contributed by atoms with van der Waals surface area (Å²) in [6, 6.07) is 11.2. The number of aryl methyl sites for hydroxylation is 1. The standard InChI is InChI=1S/C21H15F3N4O4/c22-21(23,24)13-7-5-12(17(9-13)28-31)6-8-19(30)32-11-18(29)14(10-25)20-26-15-3-1-2-4-16(15)27-20/h1-5,7,9,29H,6,8,11H2,(H,26,27)/b18-14+. The number of nitroso groups, excluding NO2 is 1. The minimum Gasteiger partial charge on any atom is -0.507 e. The number of H-pyrrole nitrogens is 1. The highest BCUT2D eigenvalue weighted by Gasteiger charge is 2.31. The number of halogens is 3. The van der Waals surface area contributed by atoms with Crippen LogP contribution in [-0.2, 0) is 22.1 Å². The molecule has 2 N–H and O–H groups in total. The van der Waals surface area contributed by atoms with Gasteiger partial charge in [-0.2, -0.15) is 18.4 Å². The SMILES string of the molecule is N#C/C(=C(\O)COC(=O)CCc1ccc(C(F)(F)F)cc1N=O)c1nc2ccccc2[nH]1. The number of ether oxygens (including phenoxy) is 1. The van der Waals surface area contributed by atoms with Gasteiger partial charge < -0.3 is 14.8 Å². The number of alkyl halides is 3. The van der Waals surface area contributed by atoms with Crippen molar-refractivity contribution in [3.05, 3.63) is 70.1 Å². The molecule has 0 unspecified atom stereocenters. The molecule has 0 radical (unpaired) electrons. The maximum atomic E-state index is 12.7. The number of hydrogen-bond acceptors (Lipinski definition) is 7. The summed E-state index contributed by atoms with van der Waals surface area (Å²) in [5, 5.41) is 22.1. The van der Waals surface area contributed by atoms with E-state index in [4.69, 9.17) is 4.74 Å². The minimum atomic E-state index is -4.63. The molecule has 32 heavy (non-hydrogen) atoms. The Kier molecular flexibility index (Phi) is 6.53. The van der Waals surface area contributed by atoms with Crippen LogP contribution >= 0.6 is 0 Å². The number of esters is 1. The van der Waals surface area contributed by atoms with Gasteiger partial charge in [0.05, 0.1) is 16.6 Å². The molecule has 11 heteroatoms. The number of aromatic amines is 1. The molecular weight excluding hydrogens is 429 g/mol. The third kappa shape index (κ3) is 5.10. The molecule has 0 bridgehead atoms. The van der Waals surface area contributed by atoms with Gasteiger partial charge in [-0.15, -0.1) is 4.91 Å². The molecule has 3 rings (SSSR count). The van der Waals surface area contributed by atoms with E-state index >= 15 is 0 Å². The number of carbonyl (C=O) groups is 1. The van der Waals surface area contributed by atoms with Crippen LogP contribution in [0.1, 0.15) is 23.4 Å². The number of aromatic nitrogens is 2. The topological polar surface area (TPSA) is 128 Å². The lowest BCUT2D eigenvalue weighted by Crippen LogP contribution is -2.10. The average molecular weight is 444 g/mol. The molecule has 0 saturated carbocycles. The molecule has 0 amide bonds. The van der Waals surface area contributed by atoms with E-state index in [0.29, 0.717) is 17.1 Å². The molecule has 0 atom stereocenters. The van der Waals surface area contributed by atoms with Crippen LogP contribution in [0, 0.1) is 16.2 Å². The Morgan fingerprint density at radius 1 is 1.25 bits per heavy atom. The fraction of sp³-hybridized carbons (Fsp3) is 0.190. The summed E-state index contributed by atoms with van der Waals surface area (Å²) >= 11 is 0. The molecule has 0 aliphatic rings. The van der Waals surface area contributed by atoms with Gasteiger partial charge in [0.15, 0.2) is 11.6 Å². The molecular formula is C21H15F3N4O4. The van der Waals surface area contributed by atoms with E-state index in [0.717, 1.165) is 12.1 Å². The van der Waals surface area contributed by atoms with Crippen molar-refractivity contribution in [2.24, 2.45) is 5.18 Å². The van der Waals surface area contributed by atoms with Gasteiger partial charge >= 0.3 is 12.1 Å². The zero-order valence-electron chi connectivity index (χ0n) is 16.3. The molecule has 164 valence electrons. The maximum absolute atomic E-state index is 12.7. The van der Waals surface area contributed by atoms with Crippen LogP contribution in [0.2, 0.25) is 0 Å². The number of allylic oxidation sites excluding steroid dienone is 1. The van der Waals surface area contributed by atoms with Crippen LogP contribution < -0.4 is 0 Å². The summed E-state index contributed by atoms with van der Waals surface area (Å²) in [6.45, 7) is -0.607. The Bertz CT molecular complexity index is 1210. The highest BCUT2D eigenvalue weighted by Crippen LogP contribution is 2.33. The summed E-state index contributed by atoms with van der Waals surface area (Å²) < 4.78 is 43.1. The zero-order valence-corrected chi connectivity index (χ0v) is 16.3. The quantitative estimate of drug-likeness (QED) is 0.230. The van der Waals surface area contributed by atoms with Crippen molar-refractivity contribution in [3.8, 4) is 6.07 Å². The number of aliphatic hydroxyl groups excluding tert-OH is 1. The smallest absolute Gasteiger partial charge is 0.416 e. The number of nitrogens with one attached hydrogen (secondary N) is 1. The van der Waals surface area contributed by atoms with Crippen molar-refractivity contribution in [1.29, 1.82) is 5.26 Å². The zero-order chi connectivity index (χ0) is 23.3. The third-order valence-electron chi connectivity index (χ3n) is 4.51. The first kappa shape index (κ1) is 22.5. The highest BCUT2D eigenvalue weighted by atomic mass is 19.4. The molecule has 0 aliphatic carbocycles. The van der Waals surface area contributed by atoms with Gasteiger partial charge in [-0.1, -0.05) is 18.2 Å². The molecule has 0 spiro atoms. The minimum absolute atomic E-state index is 0.1000. The Labute approximate surface area is 178 Å². The van der Waals surface area contributed by atoms with Crippen molar-refractivity contribution in [3.63, 3.8) is 0 Å². The van der Waals surface area contributed by atoms with Crippen molar-refractivity contribution >= 4 is 28.3 Å². The van der Waals surface area contributed by atoms with E-state index in [1.165, 1.54) is 0 Å². The van der Waals surface area contributed by atoms with Gasteiger partial charge in [0.2, 0.25) is 0 Å². The monoisotopic (exact) mass is 444 g/mol. The maximum Gasteiger partial charge on any atom is 0.416 e. The lowest BCUT2D eigenvalue weighted by atomic mass is 10.0. The number of benzene rings is 2. The second-order valence-electron chi connectivity index (χ2n) is 6.63. The summed E-state index contributed by atoms with van der Waals surface area (Å²) in [5.74, 6) is -1.21. The Hall–Kier alpha value is -4.20. The highest BCUT2D eigenvalue weighted by molar-refractivity contribution is 5.83. The first-order chi connectivity index (χ1) is 15.2. The van der Waals surface area contributed by atoms with Crippen LogP contribution in [0.15, 0.2) is 53.4 Å². The number of carbonyl (C=O) groups excluding carboxylic acids is 1.